The highest BCUT2D eigenvalue weighted by Gasteiger charge is 2.66. The van der Waals surface area contributed by atoms with Crippen LogP contribution in [0.15, 0.2) is 24.3 Å². The number of hydrogen-bond donors (Lipinski definition) is 0. The Labute approximate surface area is 123 Å². The van der Waals surface area contributed by atoms with Gasteiger partial charge in [-0.25, -0.2) is 0 Å². The quantitative estimate of drug-likeness (QED) is 0.784. The lowest BCUT2D eigenvalue weighted by atomic mass is 9.93. The Kier molecular flexibility index (Phi) is 4.33. The van der Waals surface area contributed by atoms with Gasteiger partial charge in [-0.15, -0.1) is 0 Å². The van der Waals surface area contributed by atoms with Gasteiger partial charge in [0.15, 0.2) is 0 Å². The van der Waals surface area contributed by atoms with Gasteiger partial charge in [-0.05, 0) is 38.0 Å². The fourth-order valence-corrected chi connectivity index (χ4v) is 2.59. The van der Waals surface area contributed by atoms with Crippen LogP contribution < -0.4 is 0 Å². The van der Waals surface area contributed by atoms with E-state index in [0.717, 1.165) is 5.56 Å². The van der Waals surface area contributed by atoms with Crippen molar-refractivity contribution in [2.24, 2.45) is 5.92 Å². The van der Waals surface area contributed by atoms with E-state index in [1.807, 2.05) is 0 Å². The number of carbonyl (C=O) groups excluding carboxylic acids is 2. The lowest BCUT2D eigenvalue weighted by Crippen LogP contribution is -2.28. The Balaban J connectivity index is 2.30. The normalized spacial score (nSPS) is 24.1. The van der Waals surface area contributed by atoms with Crippen molar-refractivity contribution in [2.75, 3.05) is 13.2 Å². The highest BCUT2D eigenvalue weighted by atomic mass is 35.5. The molecule has 1 fully saturated rings. The molecule has 4 nitrogen and oxygen atoms in total. The largest absolute Gasteiger partial charge is 0.466 e. The zero-order chi connectivity index (χ0) is 14.8. The standard InChI is InChI=1S/C15H17ClO4/c1-3-19-13(17)12-9-15(12,14(18)20-4-2)10-5-7-11(16)8-6-10/h5-8,12H,3-4,9H2,1-2H3/t12-,15+/m1/s1. The molecule has 0 radical (unpaired) electrons. The predicted molar refractivity (Wildman–Crippen MR) is 74.5 cm³/mol. The van der Waals surface area contributed by atoms with Crippen molar-refractivity contribution in [3.63, 3.8) is 0 Å². The van der Waals surface area contributed by atoms with E-state index in [1.54, 1.807) is 38.1 Å². The third kappa shape index (κ3) is 2.52. The molecule has 2 rings (SSSR count). The molecule has 108 valence electrons. The molecule has 5 heteroatoms. The van der Waals surface area contributed by atoms with Crippen LogP contribution in [0.1, 0.15) is 25.8 Å². The third-order valence-electron chi connectivity index (χ3n) is 3.53. The molecule has 2 atom stereocenters. The first-order chi connectivity index (χ1) is 9.56. The second kappa shape index (κ2) is 5.83. The first-order valence-electron chi connectivity index (χ1n) is 6.66. The summed E-state index contributed by atoms with van der Waals surface area (Å²) in [5, 5.41) is 0.584. The van der Waals surface area contributed by atoms with Crippen molar-refractivity contribution in [1.82, 2.24) is 0 Å². The number of rotatable bonds is 5. The number of carbonyl (C=O) groups is 2. The molecule has 0 heterocycles. The Hall–Kier alpha value is -1.55. The highest BCUT2D eigenvalue weighted by molar-refractivity contribution is 6.30. The summed E-state index contributed by atoms with van der Waals surface area (Å²) < 4.78 is 10.2. The number of esters is 2. The maximum atomic E-state index is 12.3. The van der Waals surface area contributed by atoms with Crippen molar-refractivity contribution in [1.29, 1.82) is 0 Å². The summed E-state index contributed by atoms with van der Waals surface area (Å²) in [6.07, 6.45) is 0.423. The summed E-state index contributed by atoms with van der Waals surface area (Å²) in [7, 11) is 0. The summed E-state index contributed by atoms with van der Waals surface area (Å²) in [5.74, 6) is -1.20. The lowest BCUT2D eigenvalue weighted by molar-refractivity contribution is -0.152. The fraction of sp³-hybridized carbons (Fsp3) is 0.467. The van der Waals surface area contributed by atoms with E-state index in [2.05, 4.69) is 0 Å². The van der Waals surface area contributed by atoms with Gasteiger partial charge in [0, 0.05) is 5.02 Å². The van der Waals surface area contributed by atoms with E-state index in [1.165, 1.54) is 0 Å². The molecule has 1 saturated carbocycles. The van der Waals surface area contributed by atoms with Crippen molar-refractivity contribution in [3.8, 4) is 0 Å². The summed E-state index contributed by atoms with van der Waals surface area (Å²) in [6, 6.07) is 6.94. The third-order valence-corrected chi connectivity index (χ3v) is 3.78. The summed E-state index contributed by atoms with van der Waals surface area (Å²) >= 11 is 5.86. The second-order valence-electron chi connectivity index (χ2n) is 4.71. The van der Waals surface area contributed by atoms with Gasteiger partial charge in [0.05, 0.1) is 19.1 Å². The molecule has 0 bridgehead atoms. The van der Waals surface area contributed by atoms with Gasteiger partial charge in [-0.2, -0.15) is 0 Å². The lowest BCUT2D eigenvalue weighted by Gasteiger charge is -2.16. The Morgan fingerprint density at radius 2 is 1.80 bits per heavy atom. The summed E-state index contributed by atoms with van der Waals surface area (Å²) in [5.41, 5.74) is -0.161. The first kappa shape index (κ1) is 14.9. The number of ether oxygens (including phenoxy) is 2. The minimum atomic E-state index is -0.910. The zero-order valence-corrected chi connectivity index (χ0v) is 12.3. The highest BCUT2D eigenvalue weighted by Crippen LogP contribution is 2.56. The van der Waals surface area contributed by atoms with Gasteiger partial charge in [0.1, 0.15) is 5.41 Å². The van der Waals surface area contributed by atoms with Crippen molar-refractivity contribution >= 4 is 23.5 Å². The van der Waals surface area contributed by atoms with Crippen LogP contribution in [0.4, 0.5) is 0 Å². The number of hydrogen-bond acceptors (Lipinski definition) is 4. The van der Waals surface area contributed by atoms with Crippen LogP contribution in [0, 0.1) is 5.92 Å². The molecular weight excluding hydrogens is 280 g/mol. The Morgan fingerprint density at radius 3 is 2.35 bits per heavy atom. The maximum absolute atomic E-state index is 12.3. The molecule has 0 N–H and O–H groups in total. The molecule has 0 spiro atoms. The van der Waals surface area contributed by atoms with Crippen LogP contribution in [-0.2, 0) is 24.5 Å². The fourth-order valence-electron chi connectivity index (χ4n) is 2.46. The van der Waals surface area contributed by atoms with Crippen LogP contribution in [0.25, 0.3) is 0 Å². The van der Waals surface area contributed by atoms with Crippen LogP contribution in [0.3, 0.4) is 0 Å². The second-order valence-corrected chi connectivity index (χ2v) is 5.14. The predicted octanol–water partition coefficient (Wildman–Crippen LogP) is 2.72. The molecule has 20 heavy (non-hydrogen) atoms. The van der Waals surface area contributed by atoms with E-state index in [-0.39, 0.29) is 18.5 Å². The van der Waals surface area contributed by atoms with Crippen LogP contribution in [0.2, 0.25) is 5.02 Å². The first-order valence-corrected chi connectivity index (χ1v) is 7.04. The van der Waals surface area contributed by atoms with Gasteiger partial charge < -0.3 is 9.47 Å². The van der Waals surface area contributed by atoms with Crippen molar-refractivity contribution < 1.29 is 19.1 Å². The van der Waals surface area contributed by atoms with Crippen molar-refractivity contribution in [2.45, 2.75) is 25.7 Å². The van der Waals surface area contributed by atoms with Gasteiger partial charge in [-0.1, -0.05) is 23.7 Å². The number of benzene rings is 1. The van der Waals surface area contributed by atoms with E-state index in [9.17, 15) is 9.59 Å². The average molecular weight is 297 g/mol. The summed E-state index contributed by atoms with van der Waals surface area (Å²) in [4.78, 5) is 24.2. The van der Waals surface area contributed by atoms with E-state index >= 15 is 0 Å². The van der Waals surface area contributed by atoms with Gasteiger partial charge >= 0.3 is 11.9 Å². The molecule has 1 aromatic carbocycles. The zero-order valence-electron chi connectivity index (χ0n) is 11.5. The SMILES string of the molecule is CCOC(=O)[C@H]1C[C@]1(C(=O)OCC)c1ccc(Cl)cc1. The maximum Gasteiger partial charge on any atom is 0.317 e. The van der Waals surface area contributed by atoms with Crippen molar-refractivity contribution in [3.05, 3.63) is 34.9 Å². The van der Waals surface area contributed by atoms with Gasteiger partial charge in [0.2, 0.25) is 0 Å². The molecule has 0 unspecified atom stereocenters. The van der Waals surface area contributed by atoms with E-state index in [0.29, 0.717) is 18.1 Å². The average Bonchev–Trinajstić information content (AvgIpc) is 3.17. The molecule has 1 aromatic rings. The van der Waals surface area contributed by atoms with Gasteiger partial charge in [0.25, 0.3) is 0 Å². The molecular formula is C15H17ClO4. The van der Waals surface area contributed by atoms with Gasteiger partial charge in [-0.3, -0.25) is 9.59 Å². The smallest absolute Gasteiger partial charge is 0.317 e. The molecule has 1 aliphatic carbocycles. The van der Waals surface area contributed by atoms with Crippen LogP contribution in [0.5, 0.6) is 0 Å². The molecule has 0 amide bonds. The molecule has 0 aromatic heterocycles. The monoisotopic (exact) mass is 296 g/mol. The Bertz CT molecular complexity index is 511. The van der Waals surface area contributed by atoms with Crippen LogP contribution >= 0.6 is 11.6 Å². The minimum Gasteiger partial charge on any atom is -0.466 e. The minimum absolute atomic E-state index is 0.281. The topological polar surface area (TPSA) is 52.6 Å². The molecule has 0 saturated heterocycles. The van der Waals surface area contributed by atoms with E-state index < -0.39 is 11.3 Å². The number of halogens is 1. The van der Waals surface area contributed by atoms with E-state index in [4.69, 9.17) is 21.1 Å². The Morgan fingerprint density at radius 1 is 1.20 bits per heavy atom. The molecule has 0 aliphatic heterocycles. The molecule has 1 aliphatic rings. The summed E-state index contributed by atoms with van der Waals surface area (Å²) in [6.45, 7) is 4.07. The van der Waals surface area contributed by atoms with Crippen LogP contribution in [-0.4, -0.2) is 25.2 Å².